The fourth-order valence-corrected chi connectivity index (χ4v) is 1.46. The highest BCUT2D eigenvalue weighted by molar-refractivity contribution is 5.79. The van der Waals surface area contributed by atoms with E-state index in [2.05, 4.69) is 5.32 Å². The third-order valence-corrected chi connectivity index (χ3v) is 2.89. The second-order valence-corrected chi connectivity index (χ2v) is 4.38. The first kappa shape index (κ1) is 15.5. The van der Waals surface area contributed by atoms with Gasteiger partial charge < -0.3 is 15.2 Å². The third kappa shape index (κ3) is 4.28. The fourth-order valence-electron chi connectivity index (χ4n) is 1.46. The van der Waals surface area contributed by atoms with Crippen LogP contribution in [0.1, 0.15) is 19.4 Å². The summed E-state index contributed by atoms with van der Waals surface area (Å²) in [5.41, 5.74) is 0.340. The van der Waals surface area contributed by atoms with Crippen LogP contribution in [0.25, 0.3) is 0 Å². The van der Waals surface area contributed by atoms with E-state index in [-0.39, 0.29) is 6.61 Å². The Morgan fingerprint density at radius 2 is 2.05 bits per heavy atom. The normalized spacial score (nSPS) is 12.8. The van der Waals surface area contributed by atoms with Gasteiger partial charge in [0.2, 0.25) is 0 Å². The summed E-state index contributed by atoms with van der Waals surface area (Å²) in [6.07, 6.45) is 0. The van der Waals surface area contributed by atoms with Crippen molar-refractivity contribution < 1.29 is 19.4 Å². The summed E-state index contributed by atoms with van der Waals surface area (Å²) in [6.45, 7) is 2.86. The van der Waals surface area contributed by atoms with Crippen LogP contribution >= 0.6 is 0 Å². The number of carboxylic acids is 1. The quantitative estimate of drug-likeness (QED) is 0.812. The molecule has 20 heavy (non-hydrogen) atoms. The molecule has 0 heterocycles. The van der Waals surface area contributed by atoms with Crippen LogP contribution in [0.4, 0.5) is 0 Å². The fraction of sp³-hybridized carbons (Fsp3) is 0.357. The van der Waals surface area contributed by atoms with E-state index >= 15 is 0 Å². The molecule has 1 rings (SSSR count). The van der Waals surface area contributed by atoms with Gasteiger partial charge in [0.15, 0.2) is 6.61 Å². The van der Waals surface area contributed by atoms with E-state index in [1.54, 1.807) is 31.2 Å². The predicted octanol–water partition coefficient (Wildman–Crippen LogP) is 1.16. The minimum Gasteiger partial charge on any atom is -0.482 e. The molecule has 6 nitrogen and oxygen atoms in total. The van der Waals surface area contributed by atoms with E-state index in [0.717, 1.165) is 0 Å². The molecular formula is C14H16N2O4. The maximum atomic E-state index is 11.6. The first-order valence-corrected chi connectivity index (χ1v) is 6.09. The van der Waals surface area contributed by atoms with Gasteiger partial charge in [-0.3, -0.25) is 9.59 Å². The number of benzene rings is 1. The van der Waals surface area contributed by atoms with Gasteiger partial charge in [0.25, 0.3) is 5.91 Å². The molecule has 1 amide bonds. The minimum atomic E-state index is -0.978. The summed E-state index contributed by atoms with van der Waals surface area (Å²) in [6, 6.07) is 8.03. The highest BCUT2D eigenvalue weighted by atomic mass is 16.5. The molecule has 0 aliphatic rings. The molecule has 0 fully saturated rings. The molecule has 0 aromatic heterocycles. The van der Waals surface area contributed by atoms with Crippen molar-refractivity contribution in [2.45, 2.75) is 19.9 Å². The van der Waals surface area contributed by atoms with Gasteiger partial charge in [-0.1, -0.05) is 12.1 Å². The van der Waals surface area contributed by atoms with Crippen LogP contribution in [-0.4, -0.2) is 29.6 Å². The first-order valence-electron chi connectivity index (χ1n) is 6.09. The van der Waals surface area contributed by atoms with E-state index in [0.29, 0.717) is 11.3 Å². The number of nitriles is 1. The topological polar surface area (TPSA) is 99.4 Å². The van der Waals surface area contributed by atoms with Crippen LogP contribution in [0.5, 0.6) is 5.75 Å². The Labute approximate surface area is 117 Å². The molecule has 106 valence electrons. The van der Waals surface area contributed by atoms with E-state index in [9.17, 15) is 9.59 Å². The van der Waals surface area contributed by atoms with Crippen LogP contribution in [0, 0.1) is 17.2 Å². The molecule has 2 N–H and O–H groups in total. The van der Waals surface area contributed by atoms with Gasteiger partial charge >= 0.3 is 5.97 Å². The Kier molecular flexibility index (Phi) is 5.54. The number of hydrogen-bond donors (Lipinski definition) is 2. The summed E-state index contributed by atoms with van der Waals surface area (Å²) in [5.74, 6) is -1.78. The van der Waals surface area contributed by atoms with Crippen molar-refractivity contribution in [3.05, 3.63) is 29.8 Å². The van der Waals surface area contributed by atoms with Crippen LogP contribution in [0.3, 0.4) is 0 Å². The van der Waals surface area contributed by atoms with Crippen molar-refractivity contribution in [2.24, 2.45) is 5.92 Å². The van der Waals surface area contributed by atoms with Gasteiger partial charge in [-0.25, -0.2) is 0 Å². The molecule has 0 aliphatic heterocycles. The Balaban J connectivity index is 2.52. The summed E-state index contributed by atoms with van der Waals surface area (Å²) in [4.78, 5) is 22.4. The monoisotopic (exact) mass is 276 g/mol. The smallest absolute Gasteiger partial charge is 0.308 e. The van der Waals surface area contributed by atoms with Crippen LogP contribution in [-0.2, 0) is 9.59 Å². The number of carboxylic acid groups (broad SMARTS) is 1. The van der Waals surface area contributed by atoms with Gasteiger partial charge in [0.1, 0.15) is 11.8 Å². The second kappa shape index (κ2) is 7.14. The lowest BCUT2D eigenvalue weighted by atomic mass is 10.0. The largest absolute Gasteiger partial charge is 0.482 e. The highest BCUT2D eigenvalue weighted by Gasteiger charge is 2.21. The van der Waals surface area contributed by atoms with Crippen molar-refractivity contribution in [1.82, 2.24) is 5.32 Å². The zero-order valence-electron chi connectivity index (χ0n) is 11.3. The molecule has 0 aliphatic carbocycles. The van der Waals surface area contributed by atoms with Crippen molar-refractivity contribution >= 4 is 11.9 Å². The molecule has 2 unspecified atom stereocenters. The predicted molar refractivity (Wildman–Crippen MR) is 71.1 cm³/mol. The molecular weight excluding hydrogens is 260 g/mol. The molecule has 6 heteroatoms. The number of rotatable bonds is 6. The molecule has 0 bridgehead atoms. The SMILES string of the molecule is CC(NC(=O)COc1ccccc1C#N)C(C)C(=O)O. The van der Waals surface area contributed by atoms with Crippen molar-refractivity contribution in [3.63, 3.8) is 0 Å². The molecule has 1 aromatic carbocycles. The number of nitrogens with zero attached hydrogens (tertiary/aromatic N) is 1. The molecule has 0 saturated heterocycles. The lowest BCUT2D eigenvalue weighted by molar-refractivity contribution is -0.142. The molecule has 0 spiro atoms. The number of carbonyl (C=O) groups excluding carboxylic acids is 1. The Morgan fingerprint density at radius 1 is 1.40 bits per heavy atom. The van der Waals surface area contributed by atoms with Crippen molar-refractivity contribution in [1.29, 1.82) is 5.26 Å². The summed E-state index contributed by atoms with van der Waals surface area (Å²) in [7, 11) is 0. The van der Waals surface area contributed by atoms with Crippen LogP contribution in [0.2, 0.25) is 0 Å². The summed E-state index contributed by atoms with van der Waals surface area (Å²) in [5, 5.41) is 20.2. The van der Waals surface area contributed by atoms with E-state index in [1.807, 2.05) is 6.07 Å². The van der Waals surface area contributed by atoms with Gasteiger partial charge in [-0.2, -0.15) is 5.26 Å². The van der Waals surface area contributed by atoms with E-state index < -0.39 is 23.8 Å². The molecule has 1 aromatic rings. The van der Waals surface area contributed by atoms with Crippen LogP contribution in [0.15, 0.2) is 24.3 Å². The van der Waals surface area contributed by atoms with Gasteiger partial charge in [0.05, 0.1) is 11.5 Å². The standard InChI is InChI=1S/C14H16N2O4/c1-9(14(18)19)10(2)16-13(17)8-20-12-6-4-3-5-11(12)7-15/h3-6,9-10H,8H2,1-2H3,(H,16,17)(H,18,19). The first-order chi connectivity index (χ1) is 9.45. The summed E-state index contributed by atoms with van der Waals surface area (Å²) >= 11 is 0. The molecule has 2 atom stereocenters. The number of aliphatic carboxylic acids is 1. The number of carbonyl (C=O) groups is 2. The van der Waals surface area contributed by atoms with E-state index in [4.69, 9.17) is 15.1 Å². The lowest BCUT2D eigenvalue weighted by Gasteiger charge is -2.17. The number of hydrogen-bond acceptors (Lipinski definition) is 4. The van der Waals surface area contributed by atoms with Gasteiger partial charge in [0, 0.05) is 6.04 Å². The number of nitrogens with one attached hydrogen (secondary N) is 1. The van der Waals surface area contributed by atoms with Gasteiger partial charge in [-0.15, -0.1) is 0 Å². The highest BCUT2D eigenvalue weighted by Crippen LogP contribution is 2.16. The minimum absolute atomic E-state index is 0.268. The second-order valence-electron chi connectivity index (χ2n) is 4.38. The zero-order valence-corrected chi connectivity index (χ0v) is 11.3. The Bertz CT molecular complexity index is 536. The molecule has 0 radical (unpaired) electrons. The lowest BCUT2D eigenvalue weighted by Crippen LogP contribution is -2.42. The van der Waals surface area contributed by atoms with E-state index in [1.165, 1.54) is 6.92 Å². The Morgan fingerprint density at radius 3 is 2.65 bits per heavy atom. The molecule has 0 saturated carbocycles. The number of ether oxygens (including phenoxy) is 1. The Hall–Kier alpha value is -2.55. The van der Waals surface area contributed by atoms with Crippen molar-refractivity contribution in [3.8, 4) is 11.8 Å². The number of para-hydroxylation sites is 1. The number of amides is 1. The zero-order chi connectivity index (χ0) is 15.1. The van der Waals surface area contributed by atoms with Crippen molar-refractivity contribution in [2.75, 3.05) is 6.61 Å². The third-order valence-electron chi connectivity index (χ3n) is 2.89. The van der Waals surface area contributed by atoms with Crippen LogP contribution < -0.4 is 10.1 Å². The maximum Gasteiger partial charge on any atom is 0.308 e. The van der Waals surface area contributed by atoms with Gasteiger partial charge in [-0.05, 0) is 26.0 Å². The maximum absolute atomic E-state index is 11.6. The average molecular weight is 276 g/mol. The summed E-state index contributed by atoms with van der Waals surface area (Å²) < 4.78 is 5.25. The average Bonchev–Trinajstić information content (AvgIpc) is 2.44.